The Morgan fingerprint density at radius 3 is 2.71 bits per heavy atom. The fourth-order valence-electron chi connectivity index (χ4n) is 4.95. The Kier molecular flexibility index (Phi) is 5.77. The molecule has 0 radical (unpaired) electrons. The number of halogens is 1. The maximum absolute atomic E-state index is 12.0. The second-order valence-electron chi connectivity index (χ2n) is 7.97. The molecule has 4 heteroatoms. The molecule has 2 aliphatic carbocycles. The Labute approximate surface area is 175 Å². The second kappa shape index (κ2) is 8.28. The van der Waals surface area contributed by atoms with E-state index < -0.39 is 0 Å². The molecule has 0 bridgehead atoms. The van der Waals surface area contributed by atoms with Crippen LogP contribution in [0.5, 0.6) is 5.75 Å². The van der Waals surface area contributed by atoms with Gasteiger partial charge < -0.3 is 9.47 Å². The molecule has 0 saturated heterocycles. The summed E-state index contributed by atoms with van der Waals surface area (Å²) in [6.45, 7) is 2.23. The molecule has 148 valence electrons. The van der Waals surface area contributed by atoms with Gasteiger partial charge in [-0.3, -0.25) is 4.79 Å². The van der Waals surface area contributed by atoms with Crippen molar-refractivity contribution in [1.29, 1.82) is 0 Å². The number of esters is 1. The fraction of sp³-hybridized carbons (Fsp3) is 0.458. The summed E-state index contributed by atoms with van der Waals surface area (Å²) in [4.78, 5) is 12.0. The maximum atomic E-state index is 12.0. The van der Waals surface area contributed by atoms with Crippen LogP contribution >= 0.6 is 15.9 Å². The van der Waals surface area contributed by atoms with E-state index in [4.69, 9.17) is 9.47 Å². The molecular weight excluding hydrogens is 416 g/mol. The van der Waals surface area contributed by atoms with Gasteiger partial charge in [-0.15, -0.1) is 0 Å². The van der Waals surface area contributed by atoms with Crippen molar-refractivity contribution in [3.63, 3.8) is 0 Å². The molecule has 0 N–H and O–H groups in total. The van der Waals surface area contributed by atoms with Crippen molar-refractivity contribution in [1.82, 2.24) is 0 Å². The minimum Gasteiger partial charge on any atom is -0.485 e. The van der Waals surface area contributed by atoms with Gasteiger partial charge in [-0.25, -0.2) is 0 Å². The van der Waals surface area contributed by atoms with Gasteiger partial charge in [0.2, 0.25) is 0 Å². The van der Waals surface area contributed by atoms with Crippen LogP contribution in [-0.4, -0.2) is 12.6 Å². The number of carbonyl (C=O) groups excluding carboxylic acids is 1. The molecule has 0 heterocycles. The van der Waals surface area contributed by atoms with E-state index >= 15 is 0 Å². The second-order valence-corrected chi connectivity index (χ2v) is 8.89. The smallest absolute Gasteiger partial charge is 0.310 e. The molecule has 2 aliphatic rings. The van der Waals surface area contributed by atoms with E-state index in [1.807, 2.05) is 31.2 Å². The van der Waals surface area contributed by atoms with Crippen LogP contribution in [0.15, 0.2) is 46.9 Å². The normalized spacial score (nSPS) is 20.0. The molecule has 1 unspecified atom stereocenters. The highest BCUT2D eigenvalue weighted by atomic mass is 79.9. The molecule has 0 amide bonds. The lowest BCUT2D eigenvalue weighted by atomic mass is 9.70. The molecule has 28 heavy (non-hydrogen) atoms. The molecule has 4 rings (SSSR count). The third kappa shape index (κ3) is 3.84. The lowest BCUT2D eigenvalue weighted by molar-refractivity contribution is -0.142. The first kappa shape index (κ1) is 19.5. The van der Waals surface area contributed by atoms with Crippen LogP contribution in [0.3, 0.4) is 0 Å². The van der Waals surface area contributed by atoms with E-state index in [-0.39, 0.29) is 23.9 Å². The molecule has 1 spiro atoms. The maximum Gasteiger partial charge on any atom is 0.310 e. The van der Waals surface area contributed by atoms with Crippen molar-refractivity contribution in [2.45, 2.75) is 63.4 Å². The number of ether oxygens (including phenoxy) is 2. The molecule has 0 aliphatic heterocycles. The number of hydrogen-bond donors (Lipinski definition) is 0. The zero-order valence-electron chi connectivity index (χ0n) is 16.4. The van der Waals surface area contributed by atoms with E-state index in [0.717, 1.165) is 22.2 Å². The van der Waals surface area contributed by atoms with Crippen molar-refractivity contribution in [3.8, 4) is 5.75 Å². The predicted octanol–water partition coefficient (Wildman–Crippen LogP) is 6.28. The standard InChI is InChI=1S/C24H27BrO3/c1-2-27-23(26)14-17-8-4-5-9-21(17)28-22-16-24(12-6-3-7-13-24)20-11-10-18(25)15-19(20)22/h4-5,8-11,15,22H,2-3,6-7,12-14,16H2,1H3. The highest BCUT2D eigenvalue weighted by Gasteiger charge is 2.45. The van der Waals surface area contributed by atoms with Gasteiger partial charge in [-0.2, -0.15) is 0 Å². The van der Waals surface area contributed by atoms with E-state index in [2.05, 4.69) is 34.1 Å². The van der Waals surface area contributed by atoms with Crippen LogP contribution in [0.25, 0.3) is 0 Å². The van der Waals surface area contributed by atoms with Gasteiger partial charge in [0.25, 0.3) is 0 Å². The largest absolute Gasteiger partial charge is 0.485 e. The SMILES string of the molecule is CCOC(=O)Cc1ccccc1OC1CC2(CCCCC2)c2ccc(Br)cc21. The van der Waals surface area contributed by atoms with Crippen LogP contribution in [0.4, 0.5) is 0 Å². The molecule has 2 aromatic rings. The van der Waals surface area contributed by atoms with Crippen molar-refractivity contribution in [2.75, 3.05) is 6.61 Å². The molecule has 2 aromatic carbocycles. The monoisotopic (exact) mass is 442 g/mol. The number of rotatable bonds is 5. The summed E-state index contributed by atoms with van der Waals surface area (Å²) >= 11 is 3.64. The van der Waals surface area contributed by atoms with Crippen LogP contribution in [0, 0.1) is 0 Å². The van der Waals surface area contributed by atoms with Crippen LogP contribution in [-0.2, 0) is 21.4 Å². The van der Waals surface area contributed by atoms with Crippen molar-refractivity contribution in [3.05, 3.63) is 63.6 Å². The average Bonchev–Trinajstić information content (AvgIpc) is 2.96. The first-order valence-corrected chi connectivity index (χ1v) is 11.1. The van der Waals surface area contributed by atoms with Gasteiger partial charge in [0, 0.05) is 10.0 Å². The summed E-state index contributed by atoms with van der Waals surface area (Å²) in [6, 6.07) is 14.5. The summed E-state index contributed by atoms with van der Waals surface area (Å²) in [5, 5.41) is 0. The summed E-state index contributed by atoms with van der Waals surface area (Å²) in [6.07, 6.45) is 7.69. The Morgan fingerprint density at radius 1 is 1.14 bits per heavy atom. The van der Waals surface area contributed by atoms with E-state index in [1.165, 1.54) is 43.2 Å². The minimum atomic E-state index is -0.211. The molecule has 1 saturated carbocycles. The van der Waals surface area contributed by atoms with Crippen molar-refractivity contribution >= 4 is 21.9 Å². The number of carbonyl (C=O) groups is 1. The summed E-state index contributed by atoms with van der Waals surface area (Å²) < 4.78 is 12.8. The van der Waals surface area contributed by atoms with E-state index in [0.29, 0.717) is 6.61 Å². The lowest BCUT2D eigenvalue weighted by Crippen LogP contribution is -2.26. The Bertz CT molecular complexity index is 855. The third-order valence-corrected chi connectivity index (χ3v) is 6.69. The Hall–Kier alpha value is -1.81. The Balaban J connectivity index is 1.63. The van der Waals surface area contributed by atoms with Gasteiger partial charge in [0.1, 0.15) is 11.9 Å². The van der Waals surface area contributed by atoms with Gasteiger partial charge >= 0.3 is 5.97 Å². The average molecular weight is 443 g/mol. The predicted molar refractivity (Wildman–Crippen MR) is 114 cm³/mol. The highest BCUT2D eigenvalue weighted by molar-refractivity contribution is 9.10. The quantitative estimate of drug-likeness (QED) is 0.510. The highest BCUT2D eigenvalue weighted by Crippen LogP contribution is 2.54. The van der Waals surface area contributed by atoms with Gasteiger partial charge in [0.15, 0.2) is 0 Å². The number of fused-ring (bicyclic) bond motifs is 2. The summed E-state index contributed by atoms with van der Waals surface area (Å²) in [5.41, 5.74) is 3.89. The third-order valence-electron chi connectivity index (χ3n) is 6.20. The van der Waals surface area contributed by atoms with E-state index in [1.54, 1.807) is 0 Å². The van der Waals surface area contributed by atoms with Crippen LogP contribution in [0.1, 0.15) is 68.2 Å². The zero-order chi connectivity index (χ0) is 19.6. The molecule has 0 aromatic heterocycles. The van der Waals surface area contributed by atoms with Crippen molar-refractivity contribution in [2.24, 2.45) is 0 Å². The first-order valence-electron chi connectivity index (χ1n) is 10.3. The van der Waals surface area contributed by atoms with Crippen LogP contribution in [0.2, 0.25) is 0 Å². The number of hydrogen-bond acceptors (Lipinski definition) is 3. The first-order chi connectivity index (χ1) is 13.6. The fourth-order valence-corrected chi connectivity index (χ4v) is 5.33. The molecular formula is C24H27BrO3. The molecule has 1 fully saturated rings. The number of para-hydroxylation sites is 1. The minimum absolute atomic E-state index is 0.0222. The zero-order valence-corrected chi connectivity index (χ0v) is 18.0. The van der Waals surface area contributed by atoms with Gasteiger partial charge in [-0.05, 0) is 60.9 Å². The summed E-state index contributed by atoms with van der Waals surface area (Å²) in [5.74, 6) is 0.580. The topological polar surface area (TPSA) is 35.5 Å². The molecule has 1 atom stereocenters. The lowest BCUT2D eigenvalue weighted by Gasteiger charge is -2.34. The Morgan fingerprint density at radius 2 is 1.93 bits per heavy atom. The molecule has 3 nitrogen and oxygen atoms in total. The van der Waals surface area contributed by atoms with Crippen LogP contribution < -0.4 is 4.74 Å². The van der Waals surface area contributed by atoms with Gasteiger partial charge in [-0.1, -0.05) is 59.5 Å². The van der Waals surface area contributed by atoms with Crippen molar-refractivity contribution < 1.29 is 14.3 Å². The summed E-state index contributed by atoms with van der Waals surface area (Å²) in [7, 11) is 0. The number of benzene rings is 2. The van der Waals surface area contributed by atoms with Gasteiger partial charge in [0.05, 0.1) is 13.0 Å². The van der Waals surface area contributed by atoms with E-state index in [9.17, 15) is 4.79 Å².